The van der Waals surface area contributed by atoms with Crippen LogP contribution in [0.5, 0.6) is 0 Å². The molecule has 1 aliphatic rings. The zero-order chi connectivity index (χ0) is 18.0. The first-order valence-corrected chi connectivity index (χ1v) is 8.83. The monoisotopic (exact) mass is 415 g/mol. The summed E-state index contributed by atoms with van der Waals surface area (Å²) in [5, 5.41) is 3.42. The number of nitrogens with one attached hydrogen (secondary N) is 1. The second kappa shape index (κ2) is 12.4. The van der Waals surface area contributed by atoms with E-state index in [2.05, 4.69) is 20.3 Å². The number of aromatic nitrogens is 1. The summed E-state index contributed by atoms with van der Waals surface area (Å²) in [6.07, 6.45) is 2.14. The van der Waals surface area contributed by atoms with E-state index in [0.717, 1.165) is 61.8 Å². The van der Waals surface area contributed by atoms with Crippen LogP contribution in [0, 0.1) is 10.2 Å². The second-order valence-corrected chi connectivity index (χ2v) is 5.93. The van der Waals surface area contributed by atoms with Crippen molar-refractivity contribution >= 4 is 11.4 Å². The Morgan fingerprint density at radius 1 is 0.880 bits per heavy atom. The summed E-state index contributed by atoms with van der Waals surface area (Å²) in [6, 6.07) is 6.06. The van der Waals surface area contributed by atoms with Crippen LogP contribution < -0.4 is 24.0 Å². The van der Waals surface area contributed by atoms with E-state index in [1.165, 1.54) is 0 Å². The van der Waals surface area contributed by atoms with E-state index in [1.54, 1.807) is 0 Å². The molecule has 1 N–H and O–H groups in total. The fraction of sp³-hybridized carbons (Fsp3) is 0.533. The molecule has 1 aliphatic heterocycles. The van der Waals surface area contributed by atoms with Crippen LogP contribution >= 0.6 is 0 Å². The van der Waals surface area contributed by atoms with Gasteiger partial charge >= 0.3 is 16.5 Å². The van der Waals surface area contributed by atoms with Crippen molar-refractivity contribution in [2.75, 3.05) is 26.2 Å². The summed E-state index contributed by atoms with van der Waals surface area (Å²) >= 11 is 0. The molecule has 25 heavy (non-hydrogen) atoms. The van der Waals surface area contributed by atoms with E-state index in [4.69, 9.17) is 18.6 Å². The number of aliphatic imine (C=N–C) groups is 2. The first-order valence-electron chi connectivity index (χ1n) is 7.60. The standard InChI is InChI=1S/C15H22N4.ClHO4.Ni/c1-12-14-6-3-7-15(19-14)13(2)18-11-5-9-16-8-4-10-17-12;2-1(3,4)5;/h3,6-7,16H,4-5,8-11H2,1-2H3;(H,2,3,4,5);/q;;+2/p-1. The van der Waals surface area contributed by atoms with Crippen molar-refractivity contribution in [3.05, 3.63) is 29.6 Å². The maximum atomic E-state index is 8.49. The van der Waals surface area contributed by atoms with Crippen molar-refractivity contribution in [1.29, 1.82) is 0 Å². The van der Waals surface area contributed by atoms with Crippen LogP contribution in [0.1, 0.15) is 38.1 Å². The Balaban J connectivity index is 0.000000848. The molecule has 1 aromatic heterocycles. The summed E-state index contributed by atoms with van der Waals surface area (Å²) in [7, 11) is -4.94. The molecule has 8 nitrogen and oxygen atoms in total. The first kappa shape index (κ1) is 24.1. The molecular formula is C15H22ClN4NiO4+. The summed E-state index contributed by atoms with van der Waals surface area (Å²) in [5.74, 6) is 0. The maximum absolute atomic E-state index is 8.49. The van der Waals surface area contributed by atoms with E-state index in [9.17, 15) is 0 Å². The predicted octanol–water partition coefficient (Wildman–Crippen LogP) is -2.68. The normalized spacial score (nSPS) is 16.2. The molecule has 2 heterocycles. The molecule has 0 spiro atoms. The Labute approximate surface area is 159 Å². The zero-order valence-corrected chi connectivity index (χ0v) is 15.9. The van der Waals surface area contributed by atoms with Crippen molar-refractivity contribution in [3.63, 3.8) is 0 Å². The second-order valence-electron chi connectivity index (χ2n) is 5.18. The fourth-order valence-corrected chi connectivity index (χ4v) is 2.03. The van der Waals surface area contributed by atoms with Crippen LogP contribution in [0.4, 0.5) is 0 Å². The topological polar surface area (TPSA) is 142 Å². The molecule has 0 saturated carbocycles. The van der Waals surface area contributed by atoms with Crippen molar-refractivity contribution < 1.29 is 45.4 Å². The van der Waals surface area contributed by atoms with Gasteiger partial charge in [0.1, 0.15) is 0 Å². The number of nitrogens with zero attached hydrogens (tertiary/aromatic N) is 3. The van der Waals surface area contributed by atoms with Gasteiger partial charge in [-0.25, -0.2) is 23.6 Å². The summed E-state index contributed by atoms with van der Waals surface area (Å²) in [5.41, 5.74) is 3.92. The Kier molecular flexibility index (Phi) is 12.0. The van der Waals surface area contributed by atoms with Crippen LogP contribution in [0.15, 0.2) is 28.2 Å². The largest absolute Gasteiger partial charge is 2.00 e. The molecule has 0 amide bonds. The van der Waals surface area contributed by atoms with Crippen molar-refractivity contribution in [1.82, 2.24) is 10.3 Å². The van der Waals surface area contributed by atoms with Gasteiger partial charge in [-0.2, -0.15) is 0 Å². The van der Waals surface area contributed by atoms with Crippen molar-refractivity contribution in [2.24, 2.45) is 9.98 Å². The van der Waals surface area contributed by atoms with E-state index in [0.29, 0.717) is 0 Å². The molecular weight excluding hydrogens is 394 g/mol. The number of hydrogen-bond acceptors (Lipinski definition) is 8. The minimum atomic E-state index is -4.94. The molecule has 0 unspecified atom stereocenters. The van der Waals surface area contributed by atoms with E-state index < -0.39 is 10.2 Å². The Morgan fingerprint density at radius 2 is 1.28 bits per heavy atom. The van der Waals surface area contributed by atoms with Gasteiger partial charge < -0.3 is 5.32 Å². The minimum Gasteiger partial charge on any atom is -0.317 e. The molecule has 0 aliphatic carbocycles. The third kappa shape index (κ3) is 12.1. The van der Waals surface area contributed by atoms with Crippen molar-refractivity contribution in [2.45, 2.75) is 26.7 Å². The van der Waals surface area contributed by atoms with Gasteiger partial charge in [0.05, 0.1) is 22.8 Å². The Hall–Kier alpha value is -0.926. The van der Waals surface area contributed by atoms with Crippen LogP contribution in [-0.2, 0) is 16.5 Å². The predicted molar refractivity (Wildman–Crippen MR) is 80.5 cm³/mol. The summed E-state index contributed by atoms with van der Waals surface area (Å²) in [6.45, 7) is 7.81. The molecule has 0 fully saturated rings. The molecule has 142 valence electrons. The molecule has 2 bridgehead atoms. The van der Waals surface area contributed by atoms with Gasteiger partial charge in [-0.3, -0.25) is 9.98 Å². The number of halogens is 1. The Morgan fingerprint density at radius 3 is 1.68 bits per heavy atom. The van der Waals surface area contributed by atoms with E-state index in [-0.39, 0.29) is 16.5 Å². The van der Waals surface area contributed by atoms with Gasteiger partial charge in [0.25, 0.3) is 0 Å². The average molecular weight is 417 g/mol. The molecule has 1 aromatic rings. The van der Waals surface area contributed by atoms with Gasteiger partial charge in [0.15, 0.2) is 0 Å². The molecule has 0 radical (unpaired) electrons. The van der Waals surface area contributed by atoms with Gasteiger partial charge in [-0.15, -0.1) is 10.2 Å². The van der Waals surface area contributed by atoms with Gasteiger partial charge in [-0.1, -0.05) is 6.07 Å². The quantitative estimate of drug-likeness (QED) is 0.457. The fourth-order valence-electron chi connectivity index (χ4n) is 2.03. The molecule has 0 atom stereocenters. The SMILES string of the molecule is CC1=NCCCNCCCN=C(C)c2cccc1n2.[Ni+2].[O-][Cl+3]([O-])([O-])[O-]. The number of pyridine rings is 1. The first-order chi connectivity index (χ1) is 11.3. The molecule has 0 aromatic carbocycles. The zero-order valence-electron chi connectivity index (χ0n) is 14.1. The third-order valence-electron chi connectivity index (χ3n) is 3.21. The maximum Gasteiger partial charge on any atom is 2.00 e. The molecule has 10 heteroatoms. The Bertz CT molecular complexity index is 534. The third-order valence-corrected chi connectivity index (χ3v) is 3.21. The molecule has 0 saturated heterocycles. The number of hydrogen-bond donors (Lipinski definition) is 1. The minimum absolute atomic E-state index is 0. The summed E-state index contributed by atoms with van der Waals surface area (Å²) < 4.78 is 34.0. The van der Waals surface area contributed by atoms with Gasteiger partial charge in [0, 0.05) is 13.1 Å². The van der Waals surface area contributed by atoms with Gasteiger partial charge in [0.2, 0.25) is 0 Å². The van der Waals surface area contributed by atoms with E-state index >= 15 is 0 Å². The van der Waals surface area contributed by atoms with Crippen molar-refractivity contribution in [3.8, 4) is 0 Å². The average Bonchev–Trinajstić information content (AvgIpc) is 2.50. The van der Waals surface area contributed by atoms with Crippen LogP contribution in [0.2, 0.25) is 0 Å². The number of rotatable bonds is 0. The molecule has 2 rings (SSSR count). The van der Waals surface area contributed by atoms with Crippen LogP contribution in [0.25, 0.3) is 0 Å². The van der Waals surface area contributed by atoms with Crippen LogP contribution in [0.3, 0.4) is 0 Å². The van der Waals surface area contributed by atoms with E-state index in [1.807, 2.05) is 32.0 Å². The smallest absolute Gasteiger partial charge is 0.317 e. The summed E-state index contributed by atoms with van der Waals surface area (Å²) in [4.78, 5) is 13.8. The van der Waals surface area contributed by atoms with Gasteiger partial charge in [-0.05, 0) is 51.9 Å². The number of fused-ring (bicyclic) bond motifs is 2. The van der Waals surface area contributed by atoms with Crippen LogP contribution in [-0.4, -0.2) is 42.6 Å².